The van der Waals surface area contributed by atoms with E-state index in [1.807, 2.05) is 0 Å². The van der Waals surface area contributed by atoms with E-state index in [0.29, 0.717) is 23.8 Å². The van der Waals surface area contributed by atoms with Crippen LogP contribution in [-0.4, -0.2) is 5.91 Å². The molecular weight excluding hydrogens is 370 g/mol. The van der Waals surface area contributed by atoms with Gasteiger partial charge in [0.2, 0.25) is 0 Å². The summed E-state index contributed by atoms with van der Waals surface area (Å²) in [7, 11) is 0. The molecule has 0 aliphatic rings. The van der Waals surface area contributed by atoms with Crippen molar-refractivity contribution in [3.63, 3.8) is 0 Å². The molecular formula is C19H10ClF4NO. The van der Waals surface area contributed by atoms with E-state index in [1.54, 1.807) is 30.3 Å². The van der Waals surface area contributed by atoms with Crippen molar-refractivity contribution in [2.45, 2.75) is 0 Å². The predicted octanol–water partition coefficient (Wildman–Crippen LogP) is 5.82. The maximum absolute atomic E-state index is 14.3. The fourth-order valence-electron chi connectivity index (χ4n) is 2.42. The number of nitrogens with one attached hydrogen (secondary N) is 1. The standard InChI is InChI=1S/C19H10ClF4NO/c20-14-9-16(23)15(22)8-13(14)19(26)25-18-12(6-11(21)7-17(18)24)10-4-2-1-3-5-10/h1-9H,(H,25,26). The number of hydrogen-bond acceptors (Lipinski definition) is 1. The van der Waals surface area contributed by atoms with Crippen LogP contribution in [0.5, 0.6) is 0 Å². The molecule has 1 N–H and O–H groups in total. The zero-order valence-electron chi connectivity index (χ0n) is 13.0. The molecule has 0 aromatic heterocycles. The van der Waals surface area contributed by atoms with E-state index in [4.69, 9.17) is 11.6 Å². The van der Waals surface area contributed by atoms with E-state index >= 15 is 0 Å². The van der Waals surface area contributed by atoms with Crippen molar-refractivity contribution in [1.82, 2.24) is 0 Å². The highest BCUT2D eigenvalue weighted by Gasteiger charge is 2.19. The summed E-state index contributed by atoms with van der Waals surface area (Å²) >= 11 is 5.76. The first kappa shape index (κ1) is 17.9. The van der Waals surface area contributed by atoms with Crippen LogP contribution in [0.4, 0.5) is 23.2 Å². The largest absolute Gasteiger partial charge is 0.319 e. The van der Waals surface area contributed by atoms with Crippen molar-refractivity contribution in [3.05, 3.63) is 88.5 Å². The fourth-order valence-corrected chi connectivity index (χ4v) is 2.66. The molecule has 0 saturated carbocycles. The van der Waals surface area contributed by atoms with Crippen molar-refractivity contribution < 1.29 is 22.4 Å². The van der Waals surface area contributed by atoms with E-state index in [9.17, 15) is 22.4 Å². The van der Waals surface area contributed by atoms with Gasteiger partial charge in [0.05, 0.1) is 16.3 Å². The Morgan fingerprint density at radius 2 is 1.50 bits per heavy atom. The molecule has 3 aromatic carbocycles. The van der Waals surface area contributed by atoms with Crippen molar-refractivity contribution >= 4 is 23.2 Å². The van der Waals surface area contributed by atoms with Crippen LogP contribution < -0.4 is 5.32 Å². The first-order chi connectivity index (χ1) is 12.4. The molecule has 0 atom stereocenters. The molecule has 0 spiro atoms. The van der Waals surface area contributed by atoms with Crippen LogP contribution in [-0.2, 0) is 0 Å². The van der Waals surface area contributed by atoms with Crippen LogP contribution in [0.3, 0.4) is 0 Å². The van der Waals surface area contributed by atoms with Gasteiger partial charge < -0.3 is 5.32 Å². The minimum atomic E-state index is -1.28. The first-order valence-electron chi connectivity index (χ1n) is 7.37. The average molecular weight is 380 g/mol. The van der Waals surface area contributed by atoms with Crippen molar-refractivity contribution in [1.29, 1.82) is 0 Å². The zero-order valence-corrected chi connectivity index (χ0v) is 13.8. The van der Waals surface area contributed by atoms with Gasteiger partial charge in [-0.1, -0.05) is 41.9 Å². The molecule has 2 nitrogen and oxygen atoms in total. The van der Waals surface area contributed by atoms with Gasteiger partial charge in [0.15, 0.2) is 11.6 Å². The van der Waals surface area contributed by atoms with E-state index in [0.717, 1.165) is 6.07 Å². The van der Waals surface area contributed by atoms with Gasteiger partial charge in [-0.25, -0.2) is 17.6 Å². The Morgan fingerprint density at radius 1 is 0.846 bits per heavy atom. The predicted molar refractivity (Wildman–Crippen MR) is 91.1 cm³/mol. The van der Waals surface area contributed by atoms with Crippen molar-refractivity contribution in [3.8, 4) is 11.1 Å². The van der Waals surface area contributed by atoms with E-state index < -0.39 is 29.2 Å². The number of amides is 1. The SMILES string of the molecule is O=C(Nc1c(F)cc(F)cc1-c1ccccc1)c1cc(F)c(F)cc1Cl. The highest BCUT2D eigenvalue weighted by molar-refractivity contribution is 6.34. The lowest BCUT2D eigenvalue weighted by atomic mass is 10.0. The Bertz CT molecular complexity index is 993. The zero-order chi connectivity index (χ0) is 18.8. The summed E-state index contributed by atoms with van der Waals surface area (Å²) in [5.74, 6) is -5.30. The van der Waals surface area contributed by atoms with E-state index in [2.05, 4.69) is 5.32 Å². The van der Waals surface area contributed by atoms with Gasteiger partial charge in [0.25, 0.3) is 5.91 Å². The number of benzene rings is 3. The molecule has 132 valence electrons. The molecule has 3 aromatic rings. The van der Waals surface area contributed by atoms with Gasteiger partial charge in [-0.2, -0.15) is 0 Å². The highest BCUT2D eigenvalue weighted by Crippen LogP contribution is 2.32. The topological polar surface area (TPSA) is 29.1 Å². The number of rotatable bonds is 3. The molecule has 0 fully saturated rings. The third-order valence-electron chi connectivity index (χ3n) is 3.63. The minimum absolute atomic E-state index is 0.0927. The number of halogens is 5. The summed E-state index contributed by atoms with van der Waals surface area (Å²) < 4.78 is 54.5. The first-order valence-corrected chi connectivity index (χ1v) is 7.75. The quantitative estimate of drug-likeness (QED) is 0.451. The molecule has 0 unspecified atom stereocenters. The lowest BCUT2D eigenvalue weighted by molar-refractivity contribution is 0.102. The summed E-state index contributed by atoms with van der Waals surface area (Å²) in [4.78, 5) is 12.4. The van der Waals surface area contributed by atoms with E-state index in [-0.39, 0.29) is 21.8 Å². The molecule has 7 heteroatoms. The maximum Gasteiger partial charge on any atom is 0.257 e. The van der Waals surface area contributed by atoms with Gasteiger partial charge in [-0.15, -0.1) is 0 Å². The van der Waals surface area contributed by atoms with Crippen LogP contribution in [0, 0.1) is 23.3 Å². The minimum Gasteiger partial charge on any atom is -0.319 e. The highest BCUT2D eigenvalue weighted by atomic mass is 35.5. The van der Waals surface area contributed by atoms with Crippen LogP contribution >= 0.6 is 11.6 Å². The Morgan fingerprint density at radius 3 is 2.19 bits per heavy atom. The van der Waals surface area contributed by atoms with Crippen LogP contribution in [0.1, 0.15) is 10.4 Å². The second-order valence-electron chi connectivity index (χ2n) is 5.38. The maximum atomic E-state index is 14.3. The van der Waals surface area contributed by atoms with Gasteiger partial charge in [-0.05, 0) is 23.8 Å². The molecule has 3 rings (SSSR count). The lowest BCUT2D eigenvalue weighted by Crippen LogP contribution is -2.15. The Balaban J connectivity index is 2.05. The number of anilines is 1. The number of carbonyl (C=O) groups excluding carboxylic acids is 1. The average Bonchev–Trinajstić information content (AvgIpc) is 2.60. The molecule has 0 radical (unpaired) electrons. The molecule has 0 aliphatic heterocycles. The summed E-state index contributed by atoms with van der Waals surface area (Å²) in [5, 5.41) is 1.91. The van der Waals surface area contributed by atoms with Gasteiger partial charge in [-0.3, -0.25) is 4.79 Å². The van der Waals surface area contributed by atoms with Gasteiger partial charge in [0, 0.05) is 11.6 Å². The summed E-state index contributed by atoms with van der Waals surface area (Å²) in [6, 6.07) is 11.2. The molecule has 1 amide bonds. The fraction of sp³-hybridized carbons (Fsp3) is 0. The lowest BCUT2D eigenvalue weighted by Gasteiger charge is -2.14. The summed E-state index contributed by atoms with van der Waals surface area (Å²) in [5.41, 5.74) is -0.135. The molecule has 26 heavy (non-hydrogen) atoms. The van der Waals surface area contributed by atoms with Crippen molar-refractivity contribution in [2.75, 3.05) is 5.32 Å². The molecule has 0 heterocycles. The van der Waals surface area contributed by atoms with E-state index in [1.165, 1.54) is 0 Å². The third kappa shape index (κ3) is 3.55. The monoisotopic (exact) mass is 379 g/mol. The van der Waals surface area contributed by atoms with Crippen LogP contribution in [0.2, 0.25) is 5.02 Å². The molecule has 0 saturated heterocycles. The molecule has 0 aliphatic carbocycles. The van der Waals surface area contributed by atoms with Crippen LogP contribution in [0.15, 0.2) is 54.6 Å². The smallest absolute Gasteiger partial charge is 0.257 e. The Labute approximate surface area is 151 Å². The third-order valence-corrected chi connectivity index (χ3v) is 3.95. The number of carbonyl (C=O) groups is 1. The summed E-state index contributed by atoms with van der Waals surface area (Å²) in [6.07, 6.45) is 0. The van der Waals surface area contributed by atoms with Crippen LogP contribution in [0.25, 0.3) is 11.1 Å². The number of hydrogen-bond donors (Lipinski definition) is 1. The Kier molecular flexibility index (Phi) is 4.95. The second kappa shape index (κ2) is 7.17. The van der Waals surface area contributed by atoms with Gasteiger partial charge in [0.1, 0.15) is 11.6 Å². The van der Waals surface area contributed by atoms with Crippen molar-refractivity contribution in [2.24, 2.45) is 0 Å². The van der Waals surface area contributed by atoms with Gasteiger partial charge >= 0.3 is 0 Å². The Hall–Kier alpha value is -2.86. The second-order valence-corrected chi connectivity index (χ2v) is 5.78. The summed E-state index contributed by atoms with van der Waals surface area (Å²) in [6.45, 7) is 0. The molecule has 0 bridgehead atoms. The normalized spacial score (nSPS) is 10.7.